The Labute approximate surface area is 153 Å². The summed E-state index contributed by atoms with van der Waals surface area (Å²) in [5.41, 5.74) is 0.932. The van der Waals surface area contributed by atoms with Crippen LogP contribution in [0.25, 0.3) is 10.9 Å². The average Bonchev–Trinajstić information content (AvgIpc) is 2.59. The van der Waals surface area contributed by atoms with E-state index in [2.05, 4.69) is 15.3 Å². The third kappa shape index (κ3) is 4.22. The minimum Gasteiger partial charge on any atom is -0.326 e. The minimum absolute atomic E-state index is 0.0620. The molecule has 0 aliphatic heterocycles. The van der Waals surface area contributed by atoms with Crippen LogP contribution in [0.5, 0.6) is 0 Å². The van der Waals surface area contributed by atoms with Gasteiger partial charge in [0, 0.05) is 42.4 Å². The monoisotopic (exact) mass is 368 g/mol. The van der Waals surface area contributed by atoms with Gasteiger partial charge in [-0.1, -0.05) is 19.9 Å². The molecule has 140 valence electrons. The number of hydrogen-bond donors (Lipinski definition) is 3. The molecule has 2 heterocycles. The number of nitrogens with zero attached hydrogens (tertiary/aromatic N) is 1. The molecular weight excluding hydrogens is 348 g/mol. The number of carbonyl (C=O) groups excluding carboxylic acids is 1. The maximum absolute atomic E-state index is 12.2. The number of carbonyl (C=O) groups is 1. The number of nitrogens with one attached hydrogen (secondary N) is 3. The second-order valence-corrected chi connectivity index (χ2v) is 6.61. The second-order valence-electron chi connectivity index (χ2n) is 6.61. The number of pyridine rings is 1. The first kappa shape index (κ1) is 18.4. The normalized spacial score (nSPS) is 11.1. The molecule has 3 N–H and O–H groups in total. The highest BCUT2D eigenvalue weighted by atomic mass is 16.2. The van der Waals surface area contributed by atoms with Gasteiger partial charge in [-0.15, -0.1) is 0 Å². The number of benzene rings is 1. The van der Waals surface area contributed by atoms with Gasteiger partial charge in [-0.05, 0) is 23.6 Å². The molecule has 0 aliphatic carbocycles. The average molecular weight is 368 g/mol. The van der Waals surface area contributed by atoms with Gasteiger partial charge >= 0.3 is 5.69 Å². The van der Waals surface area contributed by atoms with Crippen molar-refractivity contribution in [2.45, 2.75) is 32.7 Å². The van der Waals surface area contributed by atoms with Crippen LogP contribution in [-0.4, -0.2) is 20.4 Å². The van der Waals surface area contributed by atoms with E-state index in [-0.39, 0.29) is 30.3 Å². The molecule has 8 heteroatoms. The van der Waals surface area contributed by atoms with Gasteiger partial charge in [0.2, 0.25) is 11.5 Å². The van der Waals surface area contributed by atoms with E-state index in [9.17, 15) is 19.2 Å². The van der Waals surface area contributed by atoms with Crippen molar-refractivity contribution in [1.82, 2.24) is 14.5 Å². The van der Waals surface area contributed by atoms with Crippen molar-refractivity contribution >= 4 is 22.5 Å². The second kappa shape index (κ2) is 7.45. The maximum Gasteiger partial charge on any atom is 0.328 e. The molecule has 0 saturated carbocycles. The Morgan fingerprint density at radius 3 is 2.56 bits per heavy atom. The van der Waals surface area contributed by atoms with Crippen molar-refractivity contribution in [2.75, 3.05) is 5.32 Å². The molecule has 0 spiro atoms. The molecule has 0 unspecified atom stereocenters. The van der Waals surface area contributed by atoms with Gasteiger partial charge in [-0.2, -0.15) is 0 Å². The van der Waals surface area contributed by atoms with E-state index in [1.54, 1.807) is 18.2 Å². The number of fused-ring (bicyclic) bond motifs is 1. The van der Waals surface area contributed by atoms with Crippen LogP contribution < -0.4 is 22.1 Å². The van der Waals surface area contributed by atoms with Gasteiger partial charge in [0.05, 0.1) is 5.52 Å². The van der Waals surface area contributed by atoms with E-state index in [4.69, 9.17) is 0 Å². The molecular formula is C19H20N4O4. The topological polar surface area (TPSA) is 117 Å². The number of hydrogen-bond acceptors (Lipinski definition) is 4. The van der Waals surface area contributed by atoms with Gasteiger partial charge in [-0.25, -0.2) is 4.79 Å². The number of rotatable bonds is 5. The highest BCUT2D eigenvalue weighted by molar-refractivity contribution is 5.94. The molecule has 2 aromatic heterocycles. The lowest BCUT2D eigenvalue weighted by Gasteiger charge is -2.11. The zero-order valence-electron chi connectivity index (χ0n) is 15.0. The van der Waals surface area contributed by atoms with E-state index in [0.29, 0.717) is 11.2 Å². The molecule has 27 heavy (non-hydrogen) atoms. The van der Waals surface area contributed by atoms with Crippen LogP contribution >= 0.6 is 0 Å². The Morgan fingerprint density at radius 2 is 1.85 bits per heavy atom. The van der Waals surface area contributed by atoms with Crippen LogP contribution in [0, 0.1) is 0 Å². The van der Waals surface area contributed by atoms with Gasteiger partial charge in [0.25, 0.3) is 5.56 Å². The van der Waals surface area contributed by atoms with Crippen molar-refractivity contribution in [2.24, 2.45) is 0 Å². The maximum atomic E-state index is 12.2. The van der Waals surface area contributed by atoms with Gasteiger partial charge < -0.3 is 14.9 Å². The summed E-state index contributed by atoms with van der Waals surface area (Å²) >= 11 is 0. The van der Waals surface area contributed by atoms with Crippen molar-refractivity contribution in [3.63, 3.8) is 0 Å². The summed E-state index contributed by atoms with van der Waals surface area (Å²) in [6.45, 7) is 4.18. The van der Waals surface area contributed by atoms with Crippen LogP contribution in [0.15, 0.2) is 50.9 Å². The first-order valence-electron chi connectivity index (χ1n) is 8.60. The molecule has 0 bridgehead atoms. The van der Waals surface area contributed by atoms with Crippen molar-refractivity contribution in [3.05, 3.63) is 73.3 Å². The van der Waals surface area contributed by atoms with E-state index in [1.165, 1.54) is 16.8 Å². The largest absolute Gasteiger partial charge is 0.328 e. The number of aromatic amines is 2. The van der Waals surface area contributed by atoms with E-state index in [1.807, 2.05) is 19.9 Å². The first-order chi connectivity index (χ1) is 12.8. The zero-order valence-corrected chi connectivity index (χ0v) is 15.0. The van der Waals surface area contributed by atoms with Gasteiger partial charge in [-0.3, -0.25) is 19.4 Å². The summed E-state index contributed by atoms with van der Waals surface area (Å²) < 4.78 is 1.26. The highest BCUT2D eigenvalue weighted by Crippen LogP contribution is 2.24. The van der Waals surface area contributed by atoms with Crippen molar-refractivity contribution in [1.29, 1.82) is 0 Å². The Morgan fingerprint density at radius 1 is 1.07 bits per heavy atom. The molecule has 0 fully saturated rings. The fraction of sp³-hybridized carbons (Fsp3) is 0.263. The Bertz CT molecular complexity index is 1170. The lowest BCUT2D eigenvalue weighted by atomic mass is 9.99. The molecule has 1 aromatic carbocycles. The smallest absolute Gasteiger partial charge is 0.326 e. The van der Waals surface area contributed by atoms with Gasteiger partial charge in [0.15, 0.2) is 0 Å². The lowest BCUT2D eigenvalue weighted by molar-refractivity contribution is -0.116. The Hall–Kier alpha value is -3.42. The predicted molar refractivity (Wildman–Crippen MR) is 103 cm³/mol. The third-order valence-electron chi connectivity index (χ3n) is 4.26. The fourth-order valence-corrected chi connectivity index (χ4v) is 2.91. The number of anilines is 1. The summed E-state index contributed by atoms with van der Waals surface area (Å²) in [7, 11) is 0. The summed E-state index contributed by atoms with van der Waals surface area (Å²) in [6, 6.07) is 8.17. The summed E-state index contributed by atoms with van der Waals surface area (Å²) in [5.74, 6) is -0.0827. The van der Waals surface area contributed by atoms with Crippen LogP contribution in [0.2, 0.25) is 0 Å². The number of H-pyrrole nitrogens is 2. The number of aromatic nitrogens is 3. The van der Waals surface area contributed by atoms with Crippen LogP contribution in [-0.2, 0) is 11.3 Å². The Balaban J connectivity index is 1.76. The molecule has 8 nitrogen and oxygen atoms in total. The van der Waals surface area contributed by atoms with E-state index < -0.39 is 11.2 Å². The molecule has 0 saturated heterocycles. The summed E-state index contributed by atoms with van der Waals surface area (Å²) in [5, 5.41) is 3.69. The molecule has 3 aromatic rings. The van der Waals surface area contributed by atoms with Crippen LogP contribution in [0.4, 0.5) is 5.69 Å². The van der Waals surface area contributed by atoms with E-state index >= 15 is 0 Å². The Kier molecular flexibility index (Phi) is 5.07. The van der Waals surface area contributed by atoms with E-state index in [0.717, 1.165) is 10.9 Å². The third-order valence-corrected chi connectivity index (χ3v) is 4.26. The number of aryl methyl sites for hydroxylation is 1. The first-order valence-corrected chi connectivity index (χ1v) is 8.60. The SMILES string of the molecule is CC(C)c1cc(=O)[nH]c2cc(NC(=O)CCn3ccc(=O)[nH]c3=O)ccc12. The predicted octanol–water partition coefficient (Wildman–Crippen LogP) is 1.53. The standard InChI is InChI=1S/C19H20N4O4/c1-11(2)14-10-18(26)21-15-9-12(3-4-13(14)15)20-16(24)5-7-23-8-6-17(25)22-19(23)27/h3-4,6,8-11H,5,7H2,1-2H3,(H,20,24)(H,21,26)(H,22,25,27). The molecule has 0 atom stereocenters. The van der Waals surface area contributed by atoms with Crippen LogP contribution in [0.1, 0.15) is 31.7 Å². The summed E-state index contributed by atoms with van der Waals surface area (Å²) in [6.07, 6.45) is 1.41. The highest BCUT2D eigenvalue weighted by Gasteiger charge is 2.09. The minimum atomic E-state index is -0.556. The quantitative estimate of drug-likeness (QED) is 0.633. The fourth-order valence-electron chi connectivity index (χ4n) is 2.91. The van der Waals surface area contributed by atoms with Crippen LogP contribution in [0.3, 0.4) is 0 Å². The molecule has 1 amide bonds. The summed E-state index contributed by atoms with van der Waals surface area (Å²) in [4.78, 5) is 51.6. The molecule has 0 aliphatic rings. The van der Waals surface area contributed by atoms with Crippen molar-refractivity contribution in [3.8, 4) is 0 Å². The molecule has 3 rings (SSSR count). The zero-order chi connectivity index (χ0) is 19.6. The van der Waals surface area contributed by atoms with Crippen molar-refractivity contribution < 1.29 is 4.79 Å². The van der Waals surface area contributed by atoms with Gasteiger partial charge in [0.1, 0.15) is 0 Å². The lowest BCUT2D eigenvalue weighted by Crippen LogP contribution is -2.29. The number of amides is 1. The molecule has 0 radical (unpaired) electrons.